The molecule has 0 saturated carbocycles. The van der Waals surface area contributed by atoms with Crippen LogP contribution in [0.15, 0.2) is 83.6 Å². The lowest BCUT2D eigenvalue weighted by atomic mass is 10.0. The minimum Gasteiger partial charge on any atom is -0.328 e. The van der Waals surface area contributed by atoms with Gasteiger partial charge in [-0.2, -0.15) is 4.98 Å². The van der Waals surface area contributed by atoms with Gasteiger partial charge in [-0.15, -0.1) is 16.4 Å². The molecule has 148 valence electrons. The van der Waals surface area contributed by atoms with Gasteiger partial charge in [0.1, 0.15) is 6.04 Å². The van der Waals surface area contributed by atoms with Crippen LogP contribution in [0.1, 0.15) is 17.8 Å². The number of rotatable bonds is 4. The van der Waals surface area contributed by atoms with E-state index in [0.29, 0.717) is 23.0 Å². The third-order valence-corrected chi connectivity index (χ3v) is 5.79. The molecule has 4 aromatic rings. The van der Waals surface area contributed by atoms with Crippen LogP contribution in [-0.2, 0) is 4.79 Å². The molecule has 0 radical (unpaired) electrons. The summed E-state index contributed by atoms with van der Waals surface area (Å²) in [4.78, 5) is 23.0. The second-order valence-electron chi connectivity index (χ2n) is 6.85. The Balaban J connectivity index is 1.58. The topological polar surface area (TPSA) is 84.7 Å². The van der Waals surface area contributed by atoms with Crippen LogP contribution in [0.25, 0.3) is 11.4 Å². The van der Waals surface area contributed by atoms with E-state index in [2.05, 4.69) is 20.6 Å². The highest BCUT2D eigenvalue weighted by Gasteiger charge is 2.35. The van der Waals surface area contributed by atoms with E-state index in [9.17, 15) is 4.79 Å². The fourth-order valence-corrected chi connectivity index (χ4v) is 4.32. The Kier molecular flexibility index (Phi) is 4.61. The van der Waals surface area contributed by atoms with E-state index in [1.807, 2.05) is 60.8 Å². The fourth-order valence-electron chi connectivity index (χ4n) is 3.50. The molecular weight excluding hydrogens is 396 g/mol. The maximum Gasteiger partial charge on any atom is 0.255 e. The number of hydrogen-bond acceptors (Lipinski definition) is 6. The summed E-state index contributed by atoms with van der Waals surface area (Å²) >= 11 is 1.58. The molecule has 1 aliphatic rings. The SMILES string of the molecule is CC1=C(C(=O)Nc2cccnc2)C(c2cccs2)n2nc(-c3ccccc3)nc2N1. The lowest BCUT2D eigenvalue weighted by Gasteiger charge is -2.27. The average molecular weight is 414 g/mol. The van der Waals surface area contributed by atoms with Crippen molar-refractivity contribution in [2.24, 2.45) is 0 Å². The third-order valence-electron chi connectivity index (χ3n) is 4.86. The molecule has 2 N–H and O–H groups in total. The van der Waals surface area contributed by atoms with Crippen molar-refractivity contribution < 1.29 is 4.79 Å². The zero-order chi connectivity index (χ0) is 20.5. The van der Waals surface area contributed by atoms with Crippen molar-refractivity contribution in [3.8, 4) is 11.4 Å². The molecule has 0 bridgehead atoms. The molecule has 8 heteroatoms. The molecule has 5 rings (SSSR count). The third kappa shape index (κ3) is 3.27. The zero-order valence-corrected chi connectivity index (χ0v) is 16.9. The van der Waals surface area contributed by atoms with Gasteiger partial charge in [-0.25, -0.2) is 4.68 Å². The number of nitrogens with one attached hydrogen (secondary N) is 2. The Morgan fingerprint density at radius 1 is 1.13 bits per heavy atom. The van der Waals surface area contributed by atoms with E-state index in [4.69, 9.17) is 5.10 Å². The Hall–Kier alpha value is -3.78. The molecule has 7 nitrogen and oxygen atoms in total. The van der Waals surface area contributed by atoms with Crippen LogP contribution in [-0.4, -0.2) is 25.7 Å². The smallest absolute Gasteiger partial charge is 0.255 e. The van der Waals surface area contributed by atoms with Gasteiger partial charge in [0.05, 0.1) is 17.5 Å². The fraction of sp³-hybridized carbons (Fsp3) is 0.0909. The van der Waals surface area contributed by atoms with Crippen LogP contribution in [0.3, 0.4) is 0 Å². The average Bonchev–Trinajstić information content (AvgIpc) is 3.44. The number of nitrogens with zero attached hydrogens (tertiary/aromatic N) is 4. The molecular formula is C22H18N6OS. The Morgan fingerprint density at radius 2 is 2.00 bits per heavy atom. The Labute approximate surface area is 177 Å². The van der Waals surface area contributed by atoms with Gasteiger partial charge in [0.15, 0.2) is 5.82 Å². The summed E-state index contributed by atoms with van der Waals surface area (Å²) in [5.41, 5.74) is 2.90. The normalized spacial score (nSPS) is 15.4. The van der Waals surface area contributed by atoms with Crippen molar-refractivity contribution in [3.63, 3.8) is 0 Å². The van der Waals surface area contributed by atoms with E-state index in [1.165, 1.54) is 0 Å². The van der Waals surface area contributed by atoms with Crippen LogP contribution in [0.4, 0.5) is 11.6 Å². The quantitative estimate of drug-likeness (QED) is 0.519. The first-order valence-electron chi connectivity index (χ1n) is 9.45. The summed E-state index contributed by atoms with van der Waals surface area (Å²) in [5, 5.41) is 13.0. The van der Waals surface area contributed by atoms with Gasteiger partial charge in [0.2, 0.25) is 5.95 Å². The number of hydrogen-bond donors (Lipinski definition) is 2. The molecule has 0 spiro atoms. The van der Waals surface area contributed by atoms with E-state index >= 15 is 0 Å². The maximum absolute atomic E-state index is 13.3. The molecule has 1 amide bonds. The van der Waals surface area contributed by atoms with Crippen LogP contribution in [0, 0.1) is 0 Å². The summed E-state index contributed by atoms with van der Waals surface area (Å²) in [7, 11) is 0. The summed E-state index contributed by atoms with van der Waals surface area (Å²) < 4.78 is 1.79. The number of thiophene rings is 1. The predicted octanol–water partition coefficient (Wildman–Crippen LogP) is 4.33. The highest BCUT2D eigenvalue weighted by molar-refractivity contribution is 7.10. The van der Waals surface area contributed by atoms with Gasteiger partial charge in [0.25, 0.3) is 5.91 Å². The number of anilines is 2. The van der Waals surface area contributed by atoms with Crippen LogP contribution in [0.5, 0.6) is 0 Å². The first-order valence-corrected chi connectivity index (χ1v) is 10.3. The molecule has 1 aliphatic heterocycles. The lowest BCUT2D eigenvalue weighted by molar-refractivity contribution is -0.113. The van der Waals surface area contributed by atoms with E-state index in [0.717, 1.165) is 16.1 Å². The monoisotopic (exact) mass is 414 g/mol. The Bertz CT molecular complexity index is 1220. The lowest BCUT2D eigenvalue weighted by Crippen LogP contribution is -2.31. The molecule has 1 atom stereocenters. The summed E-state index contributed by atoms with van der Waals surface area (Å²) in [6.07, 6.45) is 3.29. The standard InChI is InChI=1S/C22H18N6OS/c1-14-18(21(29)25-16-9-5-11-23-13-16)19(17-10-6-12-30-17)28-22(24-14)26-20(27-28)15-7-3-2-4-8-15/h2-13,19H,1H3,(H,25,29)(H,24,26,27). The van der Waals surface area contributed by atoms with Crippen LogP contribution < -0.4 is 10.6 Å². The molecule has 3 aromatic heterocycles. The minimum absolute atomic E-state index is 0.200. The van der Waals surface area contributed by atoms with E-state index in [-0.39, 0.29) is 11.9 Å². The second kappa shape index (κ2) is 7.57. The van der Waals surface area contributed by atoms with Crippen molar-refractivity contribution in [2.45, 2.75) is 13.0 Å². The van der Waals surface area contributed by atoms with Gasteiger partial charge in [-0.1, -0.05) is 36.4 Å². The molecule has 0 fully saturated rings. The van der Waals surface area contributed by atoms with Gasteiger partial charge in [-0.3, -0.25) is 9.78 Å². The summed E-state index contributed by atoms with van der Waals surface area (Å²) in [6, 6.07) is 17.0. The number of amides is 1. The highest BCUT2D eigenvalue weighted by Crippen LogP contribution is 2.38. The van der Waals surface area contributed by atoms with Gasteiger partial charge < -0.3 is 10.6 Å². The summed E-state index contributed by atoms with van der Waals surface area (Å²) in [6.45, 7) is 1.89. The first kappa shape index (κ1) is 18.3. The largest absolute Gasteiger partial charge is 0.328 e. The van der Waals surface area contributed by atoms with Gasteiger partial charge in [0, 0.05) is 22.3 Å². The molecule has 30 heavy (non-hydrogen) atoms. The second-order valence-corrected chi connectivity index (χ2v) is 7.83. The minimum atomic E-state index is -0.372. The number of benzene rings is 1. The molecule has 4 heterocycles. The van der Waals surface area contributed by atoms with Crippen LogP contribution >= 0.6 is 11.3 Å². The van der Waals surface area contributed by atoms with Gasteiger partial charge in [-0.05, 0) is 30.5 Å². The number of fused-ring (bicyclic) bond motifs is 1. The van der Waals surface area contributed by atoms with Crippen molar-refractivity contribution in [1.82, 2.24) is 19.7 Å². The summed E-state index contributed by atoms with van der Waals surface area (Å²) in [5.74, 6) is 1.03. The molecule has 1 unspecified atom stereocenters. The van der Waals surface area contributed by atoms with E-state index < -0.39 is 0 Å². The van der Waals surface area contributed by atoms with Crippen molar-refractivity contribution in [3.05, 3.63) is 88.5 Å². The molecule has 0 aliphatic carbocycles. The van der Waals surface area contributed by atoms with Crippen molar-refractivity contribution >= 4 is 28.9 Å². The van der Waals surface area contributed by atoms with Crippen molar-refractivity contribution in [1.29, 1.82) is 0 Å². The Morgan fingerprint density at radius 3 is 2.73 bits per heavy atom. The maximum atomic E-state index is 13.3. The number of carbonyl (C=O) groups is 1. The number of pyridine rings is 1. The predicted molar refractivity (Wildman–Crippen MR) is 117 cm³/mol. The van der Waals surface area contributed by atoms with E-state index in [1.54, 1.807) is 34.5 Å². The zero-order valence-electron chi connectivity index (χ0n) is 16.1. The molecule has 0 saturated heterocycles. The number of allylic oxidation sites excluding steroid dienone is 1. The van der Waals surface area contributed by atoms with Gasteiger partial charge >= 0.3 is 0 Å². The highest BCUT2D eigenvalue weighted by atomic mass is 32.1. The first-order chi connectivity index (χ1) is 14.7. The van der Waals surface area contributed by atoms with Crippen molar-refractivity contribution in [2.75, 3.05) is 10.6 Å². The van der Waals surface area contributed by atoms with Crippen LogP contribution in [0.2, 0.25) is 0 Å². The number of carbonyl (C=O) groups excluding carboxylic acids is 1. The molecule has 1 aromatic carbocycles. The number of aromatic nitrogens is 4.